The molecule has 1 aliphatic carbocycles. The number of ether oxygens (including phenoxy) is 5. The minimum Gasteiger partial charge on any atom is -0.492 e. The largest absolute Gasteiger partial charge is 0.492 e. The quantitative estimate of drug-likeness (QED) is 0.561. The van der Waals surface area contributed by atoms with Gasteiger partial charge in [-0.25, -0.2) is 0 Å². The van der Waals surface area contributed by atoms with Gasteiger partial charge in [-0.1, -0.05) is 0 Å². The van der Waals surface area contributed by atoms with Crippen LogP contribution in [0.15, 0.2) is 6.07 Å². The Morgan fingerprint density at radius 1 is 1.14 bits per heavy atom. The van der Waals surface area contributed by atoms with E-state index < -0.39 is 29.7 Å². The van der Waals surface area contributed by atoms with Crippen LogP contribution in [-0.4, -0.2) is 50.1 Å². The van der Waals surface area contributed by atoms with Crippen LogP contribution in [0.25, 0.3) is 0 Å². The predicted octanol–water partition coefficient (Wildman–Crippen LogP) is 1.94. The lowest BCUT2D eigenvalue weighted by atomic mass is 9.83. The Balaban J connectivity index is 1.58. The summed E-state index contributed by atoms with van der Waals surface area (Å²) in [5.74, 6) is -1.55. The molecule has 4 aliphatic rings. The Morgan fingerprint density at radius 3 is 2.54 bits per heavy atom. The first-order valence-electron chi connectivity index (χ1n) is 9.68. The zero-order valence-electron chi connectivity index (χ0n) is 16.0. The van der Waals surface area contributed by atoms with E-state index in [0.29, 0.717) is 36.6 Å². The Bertz CT molecular complexity index is 825. The predicted molar refractivity (Wildman–Crippen MR) is 95.1 cm³/mol. The van der Waals surface area contributed by atoms with Gasteiger partial charge in [0, 0.05) is 24.9 Å². The van der Waals surface area contributed by atoms with Gasteiger partial charge in [-0.3, -0.25) is 14.5 Å². The van der Waals surface area contributed by atoms with Crippen LogP contribution in [0.5, 0.6) is 17.2 Å². The van der Waals surface area contributed by atoms with Crippen molar-refractivity contribution in [3.8, 4) is 17.2 Å². The molecule has 0 radical (unpaired) electrons. The monoisotopic (exact) mass is 389 g/mol. The van der Waals surface area contributed by atoms with E-state index in [-0.39, 0.29) is 6.79 Å². The highest BCUT2D eigenvalue weighted by atomic mass is 16.7. The maximum absolute atomic E-state index is 13.0. The molecule has 28 heavy (non-hydrogen) atoms. The molecule has 0 bridgehead atoms. The number of rotatable bonds is 2. The fourth-order valence-corrected chi connectivity index (χ4v) is 4.87. The normalized spacial score (nSPS) is 26.1. The Morgan fingerprint density at radius 2 is 1.86 bits per heavy atom. The summed E-state index contributed by atoms with van der Waals surface area (Å²) < 4.78 is 28.2. The van der Waals surface area contributed by atoms with Crippen LogP contribution in [-0.2, 0) is 25.5 Å². The van der Waals surface area contributed by atoms with Crippen molar-refractivity contribution in [2.75, 3.05) is 27.5 Å². The van der Waals surface area contributed by atoms with Gasteiger partial charge in [0.15, 0.2) is 17.4 Å². The van der Waals surface area contributed by atoms with Crippen molar-refractivity contribution in [1.29, 1.82) is 0 Å². The molecule has 0 amide bonds. The first-order chi connectivity index (χ1) is 13.5. The van der Waals surface area contributed by atoms with E-state index in [9.17, 15) is 9.59 Å². The molecule has 1 aromatic rings. The third-order valence-corrected chi connectivity index (χ3v) is 6.21. The number of benzene rings is 1. The molecule has 2 fully saturated rings. The van der Waals surface area contributed by atoms with Gasteiger partial charge in [-0.15, -0.1) is 0 Å². The molecule has 3 aliphatic heterocycles. The zero-order valence-corrected chi connectivity index (χ0v) is 16.0. The van der Waals surface area contributed by atoms with Crippen LogP contribution in [0, 0.1) is 5.92 Å². The van der Waals surface area contributed by atoms with Gasteiger partial charge in [0.05, 0.1) is 13.2 Å². The van der Waals surface area contributed by atoms with Crippen LogP contribution in [0.2, 0.25) is 0 Å². The van der Waals surface area contributed by atoms with Crippen molar-refractivity contribution in [3.05, 3.63) is 17.2 Å². The summed E-state index contributed by atoms with van der Waals surface area (Å²) in [5, 5.41) is 0. The van der Waals surface area contributed by atoms with Crippen LogP contribution < -0.4 is 14.2 Å². The lowest BCUT2D eigenvalue weighted by molar-refractivity contribution is -0.252. The van der Waals surface area contributed by atoms with Gasteiger partial charge in [-0.2, -0.15) is 0 Å². The van der Waals surface area contributed by atoms with Gasteiger partial charge in [0.1, 0.15) is 0 Å². The van der Waals surface area contributed by atoms with Crippen LogP contribution in [0.4, 0.5) is 0 Å². The fraction of sp³-hybridized carbons (Fsp3) is 0.600. The standard InChI is InChI=1S/C20H23NO7/c1-21-8-5-11-9-12-16(26-10-25-12)17(24-2)13(11)15(21)14-18(22)27-20(28-19(14)23)6-3-4-7-20/h9,14-15H,3-8,10H2,1-2H3. The van der Waals surface area contributed by atoms with E-state index in [1.165, 1.54) is 0 Å². The zero-order chi connectivity index (χ0) is 19.5. The second-order valence-corrected chi connectivity index (χ2v) is 7.83. The molecular weight excluding hydrogens is 366 g/mol. The maximum atomic E-state index is 13.0. The van der Waals surface area contributed by atoms with Gasteiger partial charge in [-0.05, 0) is 37.9 Å². The average molecular weight is 389 g/mol. The molecule has 1 atom stereocenters. The number of methoxy groups -OCH3 is 1. The molecule has 150 valence electrons. The number of hydrogen-bond acceptors (Lipinski definition) is 8. The Labute approximate surface area is 162 Å². The van der Waals surface area contributed by atoms with Crippen LogP contribution in [0.1, 0.15) is 42.9 Å². The summed E-state index contributed by atoms with van der Waals surface area (Å²) in [4.78, 5) is 28.0. The molecular formula is C20H23NO7. The summed E-state index contributed by atoms with van der Waals surface area (Å²) in [6.07, 6.45) is 3.64. The first-order valence-corrected chi connectivity index (χ1v) is 9.68. The van der Waals surface area contributed by atoms with Gasteiger partial charge < -0.3 is 23.7 Å². The Kier molecular flexibility index (Phi) is 3.94. The highest BCUT2D eigenvalue weighted by Crippen LogP contribution is 2.52. The van der Waals surface area contributed by atoms with E-state index in [1.807, 2.05) is 18.0 Å². The smallest absolute Gasteiger partial charge is 0.325 e. The minimum absolute atomic E-state index is 0.116. The lowest BCUT2D eigenvalue weighted by Gasteiger charge is -2.43. The summed E-state index contributed by atoms with van der Waals surface area (Å²) >= 11 is 0. The van der Waals surface area contributed by atoms with Crippen molar-refractivity contribution >= 4 is 11.9 Å². The number of carbonyl (C=O) groups excluding carboxylic acids is 2. The molecule has 3 heterocycles. The van der Waals surface area contributed by atoms with E-state index in [2.05, 4.69) is 0 Å². The summed E-state index contributed by atoms with van der Waals surface area (Å²) in [6, 6.07) is 1.37. The third-order valence-electron chi connectivity index (χ3n) is 6.21. The molecule has 1 unspecified atom stereocenters. The molecule has 8 nitrogen and oxygen atoms in total. The number of esters is 2. The highest BCUT2D eigenvalue weighted by molar-refractivity contribution is 5.98. The number of nitrogens with zero attached hydrogens (tertiary/aromatic N) is 1. The SMILES string of the molecule is COc1c2c(cc3c1C(C1C(=O)OC4(CCCC4)OC1=O)N(C)CC3)OCO2. The fourth-order valence-electron chi connectivity index (χ4n) is 4.87. The molecule has 1 spiro atoms. The number of likely N-dealkylation sites (N-methyl/N-ethyl adjacent to an activating group) is 1. The van der Waals surface area contributed by atoms with Crippen molar-refractivity contribution in [3.63, 3.8) is 0 Å². The van der Waals surface area contributed by atoms with Crippen LogP contribution in [0.3, 0.4) is 0 Å². The second kappa shape index (κ2) is 6.27. The Hall–Kier alpha value is -2.48. The van der Waals surface area contributed by atoms with E-state index >= 15 is 0 Å². The summed E-state index contributed by atoms with van der Waals surface area (Å²) in [6.45, 7) is 0.799. The average Bonchev–Trinajstić information content (AvgIpc) is 3.30. The molecule has 8 heteroatoms. The molecule has 0 N–H and O–H groups in total. The maximum Gasteiger partial charge on any atom is 0.325 e. The summed E-state index contributed by atoms with van der Waals surface area (Å²) in [7, 11) is 3.44. The second-order valence-electron chi connectivity index (χ2n) is 7.83. The molecule has 1 saturated heterocycles. The highest BCUT2D eigenvalue weighted by Gasteiger charge is 2.55. The van der Waals surface area contributed by atoms with E-state index in [0.717, 1.165) is 30.4 Å². The minimum atomic E-state index is -1.07. The molecule has 0 aromatic heterocycles. The molecule has 1 aromatic carbocycles. The van der Waals surface area contributed by atoms with Crippen molar-refractivity contribution in [2.24, 2.45) is 5.92 Å². The third kappa shape index (κ3) is 2.47. The van der Waals surface area contributed by atoms with Crippen molar-refractivity contribution in [2.45, 2.75) is 43.9 Å². The topological polar surface area (TPSA) is 83.5 Å². The van der Waals surface area contributed by atoms with Crippen molar-refractivity contribution < 1.29 is 33.3 Å². The van der Waals surface area contributed by atoms with Gasteiger partial charge in [0.25, 0.3) is 5.79 Å². The van der Waals surface area contributed by atoms with E-state index in [1.54, 1.807) is 7.11 Å². The summed E-state index contributed by atoms with van der Waals surface area (Å²) in [5.41, 5.74) is 1.74. The number of hydrogen-bond donors (Lipinski definition) is 0. The number of fused-ring (bicyclic) bond motifs is 2. The van der Waals surface area contributed by atoms with Gasteiger partial charge in [0.2, 0.25) is 12.5 Å². The first kappa shape index (κ1) is 17.6. The van der Waals surface area contributed by atoms with E-state index in [4.69, 9.17) is 23.7 Å². The van der Waals surface area contributed by atoms with Crippen LogP contribution >= 0.6 is 0 Å². The number of carbonyl (C=O) groups is 2. The molecule has 5 rings (SSSR count). The van der Waals surface area contributed by atoms with Crippen molar-refractivity contribution in [1.82, 2.24) is 4.90 Å². The van der Waals surface area contributed by atoms with Gasteiger partial charge >= 0.3 is 11.9 Å². The molecule has 1 saturated carbocycles. The lowest BCUT2D eigenvalue weighted by Crippen LogP contribution is -2.53.